The Hall–Kier alpha value is -1.17. The van der Waals surface area contributed by atoms with E-state index >= 15 is 0 Å². The Kier molecular flexibility index (Phi) is 4.16. The molecule has 2 rings (SSSR count). The number of nitro groups is 1. The SMILES string of the molecule is O=[N+]([O-])c1ccc(Cl)cc1CN1CCCC1CO. The lowest BCUT2D eigenvalue weighted by Gasteiger charge is -2.22. The van der Waals surface area contributed by atoms with E-state index in [-0.39, 0.29) is 18.3 Å². The molecule has 1 atom stereocenters. The number of nitrogens with zero attached hydrogens (tertiary/aromatic N) is 2. The molecular weight excluding hydrogens is 256 g/mol. The number of rotatable bonds is 4. The molecule has 1 aromatic rings. The standard InChI is InChI=1S/C12H15ClN2O3/c13-10-3-4-12(15(17)18)9(6-10)7-14-5-1-2-11(14)8-16/h3-4,6,11,16H,1-2,5,7-8H2. The first-order valence-electron chi connectivity index (χ1n) is 5.89. The number of benzene rings is 1. The van der Waals surface area contributed by atoms with E-state index in [4.69, 9.17) is 11.6 Å². The molecular formula is C12H15ClN2O3. The van der Waals surface area contributed by atoms with Crippen LogP contribution in [0.3, 0.4) is 0 Å². The lowest BCUT2D eigenvalue weighted by atomic mass is 10.1. The molecule has 0 amide bonds. The Morgan fingerprint density at radius 2 is 2.33 bits per heavy atom. The number of aliphatic hydroxyl groups excluding tert-OH is 1. The topological polar surface area (TPSA) is 66.6 Å². The fourth-order valence-corrected chi connectivity index (χ4v) is 2.58. The zero-order valence-electron chi connectivity index (χ0n) is 9.88. The quantitative estimate of drug-likeness (QED) is 0.673. The van der Waals surface area contributed by atoms with Crippen LogP contribution < -0.4 is 0 Å². The highest BCUT2D eigenvalue weighted by Gasteiger charge is 2.26. The largest absolute Gasteiger partial charge is 0.395 e. The lowest BCUT2D eigenvalue weighted by Crippen LogP contribution is -2.31. The molecule has 1 aliphatic heterocycles. The molecule has 1 unspecified atom stereocenters. The van der Waals surface area contributed by atoms with Crippen molar-refractivity contribution in [2.45, 2.75) is 25.4 Å². The molecule has 98 valence electrons. The molecule has 1 fully saturated rings. The van der Waals surface area contributed by atoms with Crippen molar-refractivity contribution in [1.82, 2.24) is 4.90 Å². The molecule has 0 bridgehead atoms. The molecule has 0 aromatic heterocycles. The minimum atomic E-state index is -0.393. The van der Waals surface area contributed by atoms with Gasteiger partial charge in [0, 0.05) is 29.2 Å². The van der Waals surface area contributed by atoms with Crippen molar-refractivity contribution in [1.29, 1.82) is 0 Å². The molecule has 1 saturated heterocycles. The van der Waals surface area contributed by atoms with Gasteiger partial charge in [-0.2, -0.15) is 0 Å². The lowest BCUT2D eigenvalue weighted by molar-refractivity contribution is -0.385. The van der Waals surface area contributed by atoms with Gasteiger partial charge >= 0.3 is 0 Å². The number of aliphatic hydroxyl groups is 1. The van der Waals surface area contributed by atoms with E-state index in [0.29, 0.717) is 17.1 Å². The highest BCUT2D eigenvalue weighted by atomic mass is 35.5. The van der Waals surface area contributed by atoms with Crippen molar-refractivity contribution in [3.63, 3.8) is 0 Å². The Morgan fingerprint density at radius 3 is 3.00 bits per heavy atom. The second kappa shape index (κ2) is 5.65. The van der Waals surface area contributed by atoms with Crippen molar-refractivity contribution < 1.29 is 10.0 Å². The summed E-state index contributed by atoms with van der Waals surface area (Å²) in [7, 11) is 0. The van der Waals surface area contributed by atoms with E-state index in [1.807, 2.05) is 0 Å². The fourth-order valence-electron chi connectivity index (χ4n) is 2.39. The zero-order valence-corrected chi connectivity index (χ0v) is 10.6. The number of nitro benzene ring substituents is 1. The van der Waals surface area contributed by atoms with Gasteiger partial charge in [-0.25, -0.2) is 0 Å². The number of halogens is 1. The summed E-state index contributed by atoms with van der Waals surface area (Å²) in [5.41, 5.74) is 0.691. The van der Waals surface area contributed by atoms with Gasteiger partial charge in [0.05, 0.1) is 11.5 Å². The molecule has 5 nitrogen and oxygen atoms in total. The molecule has 1 aromatic carbocycles. The molecule has 0 radical (unpaired) electrons. The Morgan fingerprint density at radius 1 is 1.56 bits per heavy atom. The third-order valence-corrected chi connectivity index (χ3v) is 3.56. The van der Waals surface area contributed by atoms with E-state index < -0.39 is 4.92 Å². The molecule has 6 heteroatoms. The number of likely N-dealkylation sites (tertiary alicyclic amines) is 1. The van der Waals surface area contributed by atoms with Gasteiger partial charge < -0.3 is 5.11 Å². The maximum absolute atomic E-state index is 11.0. The summed E-state index contributed by atoms with van der Waals surface area (Å²) in [5.74, 6) is 0. The number of hydrogen-bond acceptors (Lipinski definition) is 4. The van der Waals surface area contributed by atoms with Gasteiger partial charge in [0.25, 0.3) is 5.69 Å². The summed E-state index contributed by atoms with van der Waals surface area (Å²) in [5, 5.41) is 20.7. The van der Waals surface area contributed by atoms with Crippen LogP contribution in [0.1, 0.15) is 18.4 Å². The van der Waals surface area contributed by atoms with Gasteiger partial charge in [-0.15, -0.1) is 0 Å². The summed E-state index contributed by atoms with van der Waals surface area (Å²) in [6.45, 7) is 1.41. The predicted molar refractivity (Wildman–Crippen MR) is 68.6 cm³/mol. The van der Waals surface area contributed by atoms with Crippen molar-refractivity contribution in [2.75, 3.05) is 13.2 Å². The minimum absolute atomic E-state index is 0.0861. The van der Waals surface area contributed by atoms with Crippen LogP contribution in [0.25, 0.3) is 0 Å². The number of hydrogen-bond donors (Lipinski definition) is 1. The second-order valence-corrected chi connectivity index (χ2v) is 4.92. The van der Waals surface area contributed by atoms with Gasteiger partial charge in [-0.05, 0) is 31.5 Å². The van der Waals surface area contributed by atoms with Crippen LogP contribution in [0, 0.1) is 10.1 Å². The van der Waals surface area contributed by atoms with Crippen molar-refractivity contribution in [3.8, 4) is 0 Å². The Balaban J connectivity index is 2.22. The summed E-state index contributed by atoms with van der Waals surface area (Å²) < 4.78 is 0. The smallest absolute Gasteiger partial charge is 0.273 e. The van der Waals surface area contributed by atoms with Crippen LogP contribution in [0.2, 0.25) is 5.02 Å². The van der Waals surface area contributed by atoms with E-state index in [2.05, 4.69) is 4.90 Å². The highest BCUT2D eigenvalue weighted by molar-refractivity contribution is 6.30. The highest BCUT2D eigenvalue weighted by Crippen LogP contribution is 2.27. The van der Waals surface area contributed by atoms with Gasteiger partial charge in [-0.3, -0.25) is 15.0 Å². The molecule has 1 N–H and O–H groups in total. The zero-order chi connectivity index (χ0) is 13.1. The molecule has 18 heavy (non-hydrogen) atoms. The van der Waals surface area contributed by atoms with Crippen LogP contribution in [0.15, 0.2) is 18.2 Å². The monoisotopic (exact) mass is 270 g/mol. The van der Waals surface area contributed by atoms with Gasteiger partial charge in [0.1, 0.15) is 0 Å². The first-order valence-corrected chi connectivity index (χ1v) is 6.27. The van der Waals surface area contributed by atoms with Crippen LogP contribution in [0.5, 0.6) is 0 Å². The second-order valence-electron chi connectivity index (χ2n) is 4.48. The maximum atomic E-state index is 11.0. The van der Waals surface area contributed by atoms with Gasteiger partial charge in [0.2, 0.25) is 0 Å². The minimum Gasteiger partial charge on any atom is -0.395 e. The van der Waals surface area contributed by atoms with Gasteiger partial charge in [0.15, 0.2) is 0 Å². The summed E-state index contributed by atoms with van der Waals surface area (Å²) in [6, 6.07) is 4.69. The molecule has 0 saturated carbocycles. The first kappa shape index (κ1) is 13.3. The molecule has 0 aliphatic carbocycles. The van der Waals surface area contributed by atoms with E-state index in [1.165, 1.54) is 12.1 Å². The van der Waals surface area contributed by atoms with E-state index in [9.17, 15) is 15.2 Å². The van der Waals surface area contributed by atoms with Crippen LogP contribution >= 0.6 is 11.6 Å². The van der Waals surface area contributed by atoms with Crippen LogP contribution in [-0.2, 0) is 6.54 Å². The molecule has 1 heterocycles. The van der Waals surface area contributed by atoms with Gasteiger partial charge in [-0.1, -0.05) is 11.6 Å². The molecule has 1 aliphatic rings. The maximum Gasteiger partial charge on any atom is 0.273 e. The van der Waals surface area contributed by atoms with Crippen molar-refractivity contribution in [3.05, 3.63) is 38.9 Å². The molecule has 0 spiro atoms. The van der Waals surface area contributed by atoms with Crippen LogP contribution in [0.4, 0.5) is 5.69 Å². The summed E-state index contributed by atoms with van der Waals surface area (Å²) in [4.78, 5) is 12.6. The fraction of sp³-hybridized carbons (Fsp3) is 0.500. The predicted octanol–water partition coefficient (Wildman–Crippen LogP) is 2.20. The third kappa shape index (κ3) is 2.80. The van der Waals surface area contributed by atoms with Crippen molar-refractivity contribution in [2.24, 2.45) is 0 Å². The van der Waals surface area contributed by atoms with E-state index in [0.717, 1.165) is 19.4 Å². The average Bonchev–Trinajstić information content (AvgIpc) is 2.76. The summed E-state index contributed by atoms with van der Waals surface area (Å²) >= 11 is 5.89. The Labute approximate surface area is 110 Å². The van der Waals surface area contributed by atoms with Crippen molar-refractivity contribution >= 4 is 17.3 Å². The average molecular weight is 271 g/mol. The third-order valence-electron chi connectivity index (χ3n) is 3.32. The van der Waals surface area contributed by atoms with E-state index in [1.54, 1.807) is 6.07 Å². The normalized spacial score (nSPS) is 20.2. The first-order chi connectivity index (χ1) is 8.61. The summed E-state index contributed by atoms with van der Waals surface area (Å²) in [6.07, 6.45) is 1.95. The Bertz CT molecular complexity index is 453. The van der Waals surface area contributed by atoms with Crippen LogP contribution in [-0.4, -0.2) is 34.1 Å².